The first-order chi connectivity index (χ1) is 11.0. The molecule has 0 saturated heterocycles. The van der Waals surface area contributed by atoms with Crippen LogP contribution in [0.4, 0.5) is 10.1 Å². The van der Waals surface area contributed by atoms with E-state index in [9.17, 15) is 9.18 Å². The molecule has 0 spiro atoms. The standard InChI is InChI=1S/C19H17FN2O/c1-12-16-8-3-4-9-18(16)21-13(2)17(12)11-19(23)22-15-7-5-6-14(20)10-15/h3-10H,11H2,1-2H3,(H,22,23). The zero-order valence-electron chi connectivity index (χ0n) is 13.1. The summed E-state index contributed by atoms with van der Waals surface area (Å²) in [6.07, 6.45) is 0.214. The predicted octanol–water partition coefficient (Wildman–Crippen LogP) is 4.17. The Hall–Kier alpha value is -2.75. The van der Waals surface area contributed by atoms with Crippen molar-refractivity contribution < 1.29 is 9.18 Å². The van der Waals surface area contributed by atoms with Crippen molar-refractivity contribution in [3.8, 4) is 0 Å². The number of halogens is 1. The van der Waals surface area contributed by atoms with Crippen LogP contribution < -0.4 is 5.32 Å². The Kier molecular flexibility index (Phi) is 4.06. The molecule has 0 atom stereocenters. The van der Waals surface area contributed by atoms with Gasteiger partial charge in [0, 0.05) is 16.8 Å². The molecule has 0 bridgehead atoms. The fraction of sp³-hybridized carbons (Fsp3) is 0.158. The van der Waals surface area contributed by atoms with Gasteiger partial charge >= 0.3 is 0 Å². The number of aromatic nitrogens is 1. The molecule has 1 amide bonds. The summed E-state index contributed by atoms with van der Waals surface area (Å²) in [5.74, 6) is -0.554. The molecule has 0 saturated carbocycles. The minimum absolute atomic E-state index is 0.182. The molecule has 0 aliphatic rings. The Labute approximate surface area is 134 Å². The van der Waals surface area contributed by atoms with Gasteiger partial charge in [0.1, 0.15) is 5.82 Å². The number of pyridine rings is 1. The number of nitrogens with one attached hydrogen (secondary N) is 1. The van der Waals surface area contributed by atoms with Gasteiger partial charge in [0.05, 0.1) is 11.9 Å². The molecule has 3 rings (SSSR count). The first kappa shape index (κ1) is 15.2. The molecule has 2 aromatic carbocycles. The highest BCUT2D eigenvalue weighted by Gasteiger charge is 2.13. The van der Waals surface area contributed by atoms with Crippen molar-refractivity contribution in [2.24, 2.45) is 0 Å². The first-order valence-electron chi connectivity index (χ1n) is 7.45. The van der Waals surface area contributed by atoms with Gasteiger partial charge in [-0.25, -0.2) is 4.39 Å². The van der Waals surface area contributed by atoms with E-state index in [1.54, 1.807) is 12.1 Å². The third-order valence-electron chi connectivity index (χ3n) is 3.93. The maximum absolute atomic E-state index is 13.2. The highest BCUT2D eigenvalue weighted by molar-refractivity contribution is 5.94. The van der Waals surface area contributed by atoms with Gasteiger partial charge in [-0.15, -0.1) is 0 Å². The van der Waals surface area contributed by atoms with Crippen molar-refractivity contribution in [2.45, 2.75) is 20.3 Å². The highest BCUT2D eigenvalue weighted by atomic mass is 19.1. The van der Waals surface area contributed by atoms with Gasteiger partial charge in [-0.1, -0.05) is 24.3 Å². The number of carbonyl (C=O) groups excluding carboxylic acids is 1. The minimum atomic E-state index is -0.373. The Morgan fingerprint density at radius 2 is 1.91 bits per heavy atom. The molecule has 3 aromatic rings. The zero-order chi connectivity index (χ0) is 16.4. The molecule has 1 heterocycles. The van der Waals surface area contributed by atoms with Gasteiger partial charge < -0.3 is 5.32 Å². The molecule has 0 fully saturated rings. The molecular weight excluding hydrogens is 291 g/mol. The van der Waals surface area contributed by atoms with Crippen LogP contribution in [0.3, 0.4) is 0 Å². The number of nitrogens with zero attached hydrogens (tertiary/aromatic N) is 1. The lowest BCUT2D eigenvalue weighted by Gasteiger charge is -2.12. The van der Waals surface area contributed by atoms with Crippen molar-refractivity contribution in [1.82, 2.24) is 4.98 Å². The van der Waals surface area contributed by atoms with E-state index in [-0.39, 0.29) is 18.1 Å². The van der Waals surface area contributed by atoms with Crippen LogP contribution in [0.15, 0.2) is 48.5 Å². The van der Waals surface area contributed by atoms with Crippen LogP contribution in [0.5, 0.6) is 0 Å². The van der Waals surface area contributed by atoms with E-state index in [0.29, 0.717) is 5.69 Å². The number of benzene rings is 2. The van der Waals surface area contributed by atoms with E-state index in [1.807, 2.05) is 38.1 Å². The summed E-state index contributed by atoms with van der Waals surface area (Å²) in [5.41, 5.74) is 4.20. The molecule has 116 valence electrons. The molecular formula is C19H17FN2O. The maximum atomic E-state index is 13.2. The van der Waals surface area contributed by atoms with Crippen LogP contribution in [0.25, 0.3) is 10.9 Å². The average molecular weight is 308 g/mol. The quantitative estimate of drug-likeness (QED) is 0.789. The van der Waals surface area contributed by atoms with Crippen LogP contribution in [-0.4, -0.2) is 10.9 Å². The van der Waals surface area contributed by atoms with Gasteiger partial charge in [-0.3, -0.25) is 9.78 Å². The fourth-order valence-corrected chi connectivity index (χ4v) is 2.76. The zero-order valence-corrected chi connectivity index (χ0v) is 13.1. The molecule has 23 heavy (non-hydrogen) atoms. The summed E-state index contributed by atoms with van der Waals surface area (Å²) in [4.78, 5) is 16.8. The number of hydrogen-bond acceptors (Lipinski definition) is 2. The van der Waals surface area contributed by atoms with Crippen LogP contribution in [0.1, 0.15) is 16.8 Å². The van der Waals surface area contributed by atoms with E-state index < -0.39 is 0 Å². The molecule has 1 aromatic heterocycles. The van der Waals surface area contributed by atoms with E-state index in [2.05, 4.69) is 10.3 Å². The van der Waals surface area contributed by atoms with Gasteiger partial charge in [0.15, 0.2) is 0 Å². The molecule has 0 aliphatic carbocycles. The van der Waals surface area contributed by atoms with Crippen LogP contribution >= 0.6 is 0 Å². The number of para-hydroxylation sites is 1. The predicted molar refractivity (Wildman–Crippen MR) is 90.0 cm³/mol. The second-order valence-corrected chi connectivity index (χ2v) is 5.55. The number of carbonyl (C=O) groups is 1. The van der Waals surface area contributed by atoms with E-state index in [4.69, 9.17) is 0 Å². The van der Waals surface area contributed by atoms with Gasteiger partial charge in [-0.2, -0.15) is 0 Å². The maximum Gasteiger partial charge on any atom is 0.228 e. The SMILES string of the molecule is Cc1nc2ccccc2c(C)c1CC(=O)Nc1cccc(F)c1. The van der Waals surface area contributed by atoms with Gasteiger partial charge in [0.2, 0.25) is 5.91 Å². The normalized spacial score (nSPS) is 10.7. The summed E-state index contributed by atoms with van der Waals surface area (Å²) in [7, 11) is 0. The largest absolute Gasteiger partial charge is 0.326 e. The number of aryl methyl sites for hydroxylation is 2. The summed E-state index contributed by atoms with van der Waals surface area (Å²) in [6.45, 7) is 3.91. The highest BCUT2D eigenvalue weighted by Crippen LogP contribution is 2.23. The lowest BCUT2D eigenvalue weighted by atomic mass is 9.99. The molecule has 3 nitrogen and oxygen atoms in total. The second kappa shape index (κ2) is 6.16. The third kappa shape index (κ3) is 3.21. The third-order valence-corrected chi connectivity index (χ3v) is 3.93. The lowest BCUT2D eigenvalue weighted by Crippen LogP contribution is -2.16. The van der Waals surface area contributed by atoms with Crippen LogP contribution in [0, 0.1) is 19.7 Å². The number of anilines is 1. The Bertz CT molecular complexity index is 890. The Morgan fingerprint density at radius 1 is 1.13 bits per heavy atom. The van der Waals surface area contributed by atoms with Gasteiger partial charge in [0.25, 0.3) is 0 Å². The molecule has 0 unspecified atom stereocenters. The van der Waals surface area contributed by atoms with Crippen molar-refractivity contribution in [1.29, 1.82) is 0 Å². The summed E-state index contributed by atoms with van der Waals surface area (Å²) in [5, 5.41) is 3.77. The fourth-order valence-electron chi connectivity index (χ4n) is 2.76. The number of hydrogen-bond donors (Lipinski definition) is 1. The number of fused-ring (bicyclic) bond motifs is 1. The average Bonchev–Trinajstić information content (AvgIpc) is 2.51. The summed E-state index contributed by atoms with van der Waals surface area (Å²) >= 11 is 0. The molecule has 0 aliphatic heterocycles. The molecule has 0 radical (unpaired) electrons. The topological polar surface area (TPSA) is 42.0 Å². The van der Waals surface area contributed by atoms with Crippen molar-refractivity contribution >= 4 is 22.5 Å². The van der Waals surface area contributed by atoms with Gasteiger partial charge in [-0.05, 0) is 49.2 Å². The molecule has 1 N–H and O–H groups in total. The monoisotopic (exact) mass is 308 g/mol. The van der Waals surface area contributed by atoms with Crippen molar-refractivity contribution in [2.75, 3.05) is 5.32 Å². The molecule has 4 heteroatoms. The Morgan fingerprint density at radius 3 is 2.70 bits per heavy atom. The van der Waals surface area contributed by atoms with Crippen LogP contribution in [-0.2, 0) is 11.2 Å². The lowest BCUT2D eigenvalue weighted by molar-refractivity contribution is -0.115. The number of rotatable bonds is 3. The smallest absolute Gasteiger partial charge is 0.228 e. The van der Waals surface area contributed by atoms with Crippen LogP contribution in [0.2, 0.25) is 0 Å². The van der Waals surface area contributed by atoms with Crippen molar-refractivity contribution in [3.63, 3.8) is 0 Å². The second-order valence-electron chi connectivity index (χ2n) is 5.55. The Balaban J connectivity index is 1.87. The van der Waals surface area contributed by atoms with E-state index in [1.165, 1.54) is 12.1 Å². The van der Waals surface area contributed by atoms with E-state index >= 15 is 0 Å². The summed E-state index contributed by atoms with van der Waals surface area (Å²) in [6, 6.07) is 13.8. The van der Waals surface area contributed by atoms with Crippen molar-refractivity contribution in [3.05, 3.63) is 71.2 Å². The number of amides is 1. The first-order valence-corrected chi connectivity index (χ1v) is 7.45. The van der Waals surface area contributed by atoms with E-state index in [0.717, 1.165) is 27.7 Å². The summed E-state index contributed by atoms with van der Waals surface area (Å²) < 4.78 is 13.2. The minimum Gasteiger partial charge on any atom is -0.326 e.